The number of sulfonamides is 1. The minimum absolute atomic E-state index is 0.0613. The molecule has 1 N–H and O–H groups in total. The molecule has 2 atom stereocenters. The molecule has 32 heavy (non-hydrogen) atoms. The van der Waals surface area contributed by atoms with Crippen molar-refractivity contribution >= 4 is 27.3 Å². The predicted octanol–water partition coefficient (Wildman–Crippen LogP) is 3.11. The van der Waals surface area contributed by atoms with Crippen LogP contribution in [0.4, 0.5) is 0 Å². The maximum Gasteiger partial charge on any atom is 0.252 e. The Hall–Kier alpha value is -1.94. The van der Waals surface area contributed by atoms with Gasteiger partial charge in [0, 0.05) is 19.6 Å². The molecule has 1 aromatic carbocycles. The maximum absolute atomic E-state index is 13.0. The van der Waals surface area contributed by atoms with Gasteiger partial charge in [-0.15, -0.1) is 11.3 Å². The van der Waals surface area contributed by atoms with Crippen molar-refractivity contribution in [1.29, 1.82) is 0 Å². The van der Waals surface area contributed by atoms with Gasteiger partial charge in [-0.05, 0) is 67.9 Å². The van der Waals surface area contributed by atoms with Gasteiger partial charge in [-0.2, -0.15) is 4.31 Å². The smallest absolute Gasteiger partial charge is 0.252 e. The number of likely N-dealkylation sites (tertiary alicyclic amines) is 1. The Labute approximate surface area is 194 Å². The number of thiophene rings is 1. The SMILES string of the molecule is COc1ccc([C@@H](CNC(=O)[C@H]2CCCN(S(=O)(=O)c3cccs3)C2)N2CCCC2)cc1. The Kier molecular flexibility index (Phi) is 7.50. The Morgan fingerprint density at radius 2 is 1.91 bits per heavy atom. The van der Waals surface area contributed by atoms with E-state index in [1.807, 2.05) is 12.1 Å². The van der Waals surface area contributed by atoms with Crippen molar-refractivity contribution in [2.45, 2.75) is 35.9 Å². The fraction of sp³-hybridized carbons (Fsp3) is 0.522. The maximum atomic E-state index is 13.0. The van der Waals surface area contributed by atoms with Crippen LogP contribution in [0.3, 0.4) is 0 Å². The minimum atomic E-state index is -3.53. The van der Waals surface area contributed by atoms with Crippen molar-refractivity contribution in [1.82, 2.24) is 14.5 Å². The largest absolute Gasteiger partial charge is 0.497 e. The predicted molar refractivity (Wildman–Crippen MR) is 125 cm³/mol. The third-order valence-electron chi connectivity index (χ3n) is 6.40. The lowest BCUT2D eigenvalue weighted by Crippen LogP contribution is -2.46. The molecule has 4 rings (SSSR count). The van der Waals surface area contributed by atoms with Gasteiger partial charge in [0.25, 0.3) is 10.0 Å². The average molecular weight is 478 g/mol. The molecule has 2 aliphatic rings. The van der Waals surface area contributed by atoms with Crippen LogP contribution in [0, 0.1) is 5.92 Å². The van der Waals surface area contributed by atoms with Crippen LogP contribution in [-0.2, 0) is 14.8 Å². The molecule has 0 saturated carbocycles. The number of carbonyl (C=O) groups is 1. The second-order valence-electron chi connectivity index (χ2n) is 8.41. The first-order valence-electron chi connectivity index (χ1n) is 11.2. The quantitative estimate of drug-likeness (QED) is 0.632. The molecule has 1 amide bonds. The lowest BCUT2D eigenvalue weighted by molar-refractivity contribution is -0.126. The standard InChI is InChI=1S/C23H31N3O4S2/c1-30-20-10-8-18(9-11-20)21(25-12-2-3-13-25)16-24-23(27)19-6-4-14-26(17-19)32(28,29)22-7-5-15-31-22/h5,7-11,15,19,21H,2-4,6,12-14,16-17H2,1H3,(H,24,27)/t19-,21+/m0/s1. The normalized spacial score (nSPS) is 21.3. The zero-order valence-electron chi connectivity index (χ0n) is 18.4. The second kappa shape index (κ2) is 10.3. The first kappa shape index (κ1) is 23.2. The molecule has 2 aliphatic heterocycles. The molecule has 0 bridgehead atoms. The topological polar surface area (TPSA) is 79.0 Å². The molecule has 0 unspecified atom stereocenters. The summed E-state index contributed by atoms with van der Waals surface area (Å²) in [5.41, 5.74) is 1.15. The molecule has 9 heteroatoms. The highest BCUT2D eigenvalue weighted by Crippen LogP contribution is 2.28. The van der Waals surface area contributed by atoms with Gasteiger partial charge in [0.15, 0.2) is 0 Å². The van der Waals surface area contributed by atoms with Crippen LogP contribution in [-0.4, -0.2) is 63.4 Å². The molecule has 2 fully saturated rings. The molecule has 0 aliphatic carbocycles. The van der Waals surface area contributed by atoms with Crippen molar-refractivity contribution < 1.29 is 17.9 Å². The number of ether oxygens (including phenoxy) is 1. The monoisotopic (exact) mass is 477 g/mol. The summed E-state index contributed by atoms with van der Waals surface area (Å²) in [5, 5.41) is 4.90. The van der Waals surface area contributed by atoms with Gasteiger partial charge in [0.2, 0.25) is 5.91 Å². The van der Waals surface area contributed by atoms with Gasteiger partial charge in [0.1, 0.15) is 9.96 Å². The van der Waals surface area contributed by atoms with E-state index in [9.17, 15) is 13.2 Å². The molecule has 174 valence electrons. The van der Waals surface area contributed by atoms with Crippen LogP contribution in [0.25, 0.3) is 0 Å². The number of nitrogens with zero attached hydrogens (tertiary/aromatic N) is 2. The Morgan fingerprint density at radius 1 is 1.16 bits per heavy atom. The second-order valence-corrected chi connectivity index (χ2v) is 11.5. The zero-order valence-corrected chi connectivity index (χ0v) is 20.0. The van der Waals surface area contributed by atoms with Crippen LogP contribution >= 0.6 is 11.3 Å². The Morgan fingerprint density at radius 3 is 2.56 bits per heavy atom. The third-order valence-corrected chi connectivity index (χ3v) is 9.63. The van der Waals surface area contributed by atoms with E-state index in [0.717, 1.165) is 24.4 Å². The summed E-state index contributed by atoms with van der Waals surface area (Å²) in [4.78, 5) is 15.5. The van der Waals surface area contributed by atoms with Gasteiger partial charge in [-0.1, -0.05) is 18.2 Å². The number of hydrogen-bond donors (Lipinski definition) is 1. The minimum Gasteiger partial charge on any atom is -0.497 e. The third kappa shape index (κ3) is 5.17. The van der Waals surface area contributed by atoms with E-state index in [0.29, 0.717) is 30.1 Å². The Balaban J connectivity index is 1.41. The van der Waals surface area contributed by atoms with Crippen LogP contribution in [0.15, 0.2) is 46.0 Å². The summed E-state index contributed by atoms with van der Waals surface area (Å²) in [6.07, 6.45) is 3.73. The number of methoxy groups -OCH3 is 1. The van der Waals surface area contributed by atoms with Gasteiger partial charge in [0.05, 0.1) is 19.1 Å². The first-order valence-corrected chi connectivity index (χ1v) is 13.5. The van der Waals surface area contributed by atoms with Crippen molar-refractivity contribution in [2.24, 2.45) is 5.92 Å². The molecule has 0 radical (unpaired) electrons. The molecule has 3 heterocycles. The van der Waals surface area contributed by atoms with E-state index >= 15 is 0 Å². The van der Waals surface area contributed by atoms with Gasteiger partial charge in [-0.25, -0.2) is 8.42 Å². The zero-order chi connectivity index (χ0) is 22.6. The number of nitrogens with one attached hydrogen (secondary N) is 1. The number of amides is 1. The molecule has 2 aromatic rings. The van der Waals surface area contributed by atoms with Crippen LogP contribution < -0.4 is 10.1 Å². The molecule has 0 spiro atoms. The van der Waals surface area contributed by atoms with Crippen molar-refractivity contribution in [2.75, 3.05) is 39.8 Å². The highest BCUT2D eigenvalue weighted by atomic mass is 32.2. The number of piperidine rings is 1. The van der Waals surface area contributed by atoms with E-state index in [-0.39, 0.29) is 24.4 Å². The number of carbonyl (C=O) groups excluding carboxylic acids is 1. The fourth-order valence-corrected chi connectivity index (χ4v) is 7.26. The van der Waals surface area contributed by atoms with E-state index in [1.54, 1.807) is 24.6 Å². The van der Waals surface area contributed by atoms with Crippen LogP contribution in [0.1, 0.15) is 37.3 Å². The van der Waals surface area contributed by atoms with E-state index in [1.165, 1.54) is 28.5 Å². The summed E-state index contributed by atoms with van der Waals surface area (Å²) in [6.45, 7) is 3.25. The summed E-state index contributed by atoms with van der Waals surface area (Å²) < 4.78 is 32.8. The fourth-order valence-electron chi connectivity index (χ4n) is 4.59. The summed E-state index contributed by atoms with van der Waals surface area (Å²) >= 11 is 1.22. The van der Waals surface area contributed by atoms with Crippen molar-refractivity contribution in [3.8, 4) is 5.75 Å². The Bertz CT molecular complexity index is 987. The summed E-state index contributed by atoms with van der Waals surface area (Å²) in [6, 6.07) is 11.5. The molecule has 1 aromatic heterocycles. The first-order chi connectivity index (χ1) is 15.5. The van der Waals surface area contributed by atoms with E-state index in [4.69, 9.17) is 4.74 Å². The lowest BCUT2D eigenvalue weighted by Gasteiger charge is -2.32. The molecule has 7 nitrogen and oxygen atoms in total. The number of rotatable bonds is 8. The lowest BCUT2D eigenvalue weighted by atomic mass is 9.98. The van der Waals surface area contributed by atoms with Gasteiger partial charge in [-0.3, -0.25) is 9.69 Å². The highest BCUT2D eigenvalue weighted by Gasteiger charge is 2.34. The highest BCUT2D eigenvalue weighted by molar-refractivity contribution is 7.91. The summed E-state index contributed by atoms with van der Waals surface area (Å²) in [7, 11) is -1.88. The average Bonchev–Trinajstić information content (AvgIpc) is 3.55. The van der Waals surface area contributed by atoms with Crippen LogP contribution in [0.2, 0.25) is 0 Å². The molecular formula is C23H31N3O4S2. The molecule has 2 saturated heterocycles. The number of hydrogen-bond acceptors (Lipinski definition) is 6. The van der Waals surface area contributed by atoms with E-state index in [2.05, 4.69) is 22.3 Å². The van der Waals surface area contributed by atoms with Gasteiger partial charge < -0.3 is 10.1 Å². The molecular weight excluding hydrogens is 446 g/mol. The van der Waals surface area contributed by atoms with Crippen molar-refractivity contribution in [3.63, 3.8) is 0 Å². The van der Waals surface area contributed by atoms with Gasteiger partial charge >= 0.3 is 0 Å². The number of benzene rings is 1. The van der Waals surface area contributed by atoms with E-state index < -0.39 is 10.0 Å². The van der Waals surface area contributed by atoms with Crippen LogP contribution in [0.5, 0.6) is 5.75 Å². The summed E-state index contributed by atoms with van der Waals surface area (Å²) in [5.74, 6) is 0.426. The van der Waals surface area contributed by atoms with Crippen molar-refractivity contribution in [3.05, 3.63) is 47.3 Å².